The SMILES string of the molecule is CC(C)n1c(=O)n(CC2CC2)c(=O)c2cc(NC(=O)N3CCCC(CC(=O)c4ccc5nn(C)cc5c4)C3)c(F)cc21. The lowest BCUT2D eigenvalue weighted by Crippen LogP contribution is -2.43. The molecular formula is C31H35FN6O4. The van der Waals surface area contributed by atoms with E-state index in [0.29, 0.717) is 37.5 Å². The number of aryl methyl sites for hydroxylation is 1. The lowest BCUT2D eigenvalue weighted by molar-refractivity contribution is 0.0931. The second-order valence-electron chi connectivity index (χ2n) is 12.0. The lowest BCUT2D eigenvalue weighted by atomic mass is 9.91. The summed E-state index contributed by atoms with van der Waals surface area (Å²) in [6, 6.07) is 7.19. The number of carbonyl (C=O) groups is 2. The minimum atomic E-state index is -0.724. The molecule has 1 aliphatic carbocycles. The number of ketones is 1. The van der Waals surface area contributed by atoms with Gasteiger partial charge in [0.15, 0.2) is 5.78 Å². The summed E-state index contributed by atoms with van der Waals surface area (Å²) >= 11 is 0. The van der Waals surface area contributed by atoms with Crippen molar-refractivity contribution in [2.45, 2.75) is 58.5 Å². The molecule has 1 N–H and O–H groups in total. The molecule has 0 spiro atoms. The monoisotopic (exact) mass is 574 g/mol. The van der Waals surface area contributed by atoms with E-state index in [1.807, 2.05) is 39.2 Å². The molecule has 220 valence electrons. The Morgan fingerprint density at radius 1 is 1.10 bits per heavy atom. The minimum Gasteiger partial charge on any atom is -0.324 e. The van der Waals surface area contributed by atoms with Crippen LogP contribution in [0.5, 0.6) is 0 Å². The number of urea groups is 1. The number of amides is 2. The van der Waals surface area contributed by atoms with Crippen LogP contribution in [0.3, 0.4) is 0 Å². The van der Waals surface area contributed by atoms with Gasteiger partial charge < -0.3 is 10.2 Å². The third-order valence-electron chi connectivity index (χ3n) is 8.37. The van der Waals surface area contributed by atoms with E-state index in [0.717, 1.165) is 42.7 Å². The number of piperidine rings is 1. The number of nitrogens with zero attached hydrogens (tertiary/aromatic N) is 5. The van der Waals surface area contributed by atoms with Crippen LogP contribution in [0.15, 0.2) is 46.1 Å². The summed E-state index contributed by atoms with van der Waals surface area (Å²) in [6.07, 6.45) is 5.64. The maximum absolute atomic E-state index is 15.3. The Bertz CT molecular complexity index is 1830. The largest absolute Gasteiger partial charge is 0.331 e. The fourth-order valence-electron chi connectivity index (χ4n) is 6.03. The van der Waals surface area contributed by atoms with Crippen molar-refractivity contribution < 1.29 is 14.0 Å². The Labute approximate surface area is 241 Å². The van der Waals surface area contributed by atoms with E-state index in [4.69, 9.17) is 0 Å². The van der Waals surface area contributed by atoms with Gasteiger partial charge in [-0.3, -0.25) is 23.4 Å². The number of rotatable bonds is 7. The zero-order chi connectivity index (χ0) is 29.7. The van der Waals surface area contributed by atoms with Gasteiger partial charge in [-0.2, -0.15) is 5.10 Å². The van der Waals surface area contributed by atoms with E-state index in [1.165, 1.54) is 15.2 Å². The molecule has 1 saturated heterocycles. The highest BCUT2D eigenvalue weighted by Crippen LogP contribution is 2.30. The molecular weight excluding hydrogens is 539 g/mol. The van der Waals surface area contributed by atoms with E-state index in [9.17, 15) is 19.2 Å². The van der Waals surface area contributed by atoms with Crippen LogP contribution in [0, 0.1) is 17.7 Å². The molecule has 2 fully saturated rings. The van der Waals surface area contributed by atoms with Crippen molar-refractivity contribution in [2.75, 3.05) is 18.4 Å². The predicted molar refractivity (Wildman–Crippen MR) is 159 cm³/mol. The summed E-state index contributed by atoms with van der Waals surface area (Å²) in [4.78, 5) is 54.4. The molecule has 2 aliphatic rings. The molecule has 10 nitrogen and oxygen atoms in total. The van der Waals surface area contributed by atoms with Gasteiger partial charge in [-0.1, -0.05) is 0 Å². The molecule has 2 aromatic carbocycles. The maximum atomic E-state index is 15.3. The van der Waals surface area contributed by atoms with Crippen LogP contribution in [0.2, 0.25) is 0 Å². The molecule has 1 aliphatic heterocycles. The molecule has 2 amide bonds. The van der Waals surface area contributed by atoms with E-state index >= 15 is 4.39 Å². The summed E-state index contributed by atoms with van der Waals surface area (Å²) in [6.45, 7) is 4.81. The smallest absolute Gasteiger partial charge is 0.324 e. The molecule has 3 heterocycles. The van der Waals surface area contributed by atoms with Gasteiger partial charge in [0.1, 0.15) is 5.82 Å². The molecule has 6 rings (SSSR count). The quantitative estimate of drug-likeness (QED) is 0.322. The molecule has 0 radical (unpaired) electrons. The molecule has 0 bridgehead atoms. The van der Waals surface area contributed by atoms with Gasteiger partial charge >= 0.3 is 11.7 Å². The fraction of sp³-hybridized carbons (Fsp3) is 0.452. The number of likely N-dealkylation sites (tertiary alicyclic amines) is 1. The molecule has 1 unspecified atom stereocenters. The second kappa shape index (κ2) is 10.8. The zero-order valence-electron chi connectivity index (χ0n) is 24.1. The van der Waals surface area contributed by atoms with Crippen molar-refractivity contribution in [1.29, 1.82) is 0 Å². The fourth-order valence-corrected chi connectivity index (χ4v) is 6.03. The van der Waals surface area contributed by atoms with Gasteiger partial charge in [-0.15, -0.1) is 0 Å². The average Bonchev–Trinajstić information content (AvgIpc) is 3.69. The number of hydrogen-bond donors (Lipinski definition) is 1. The van der Waals surface area contributed by atoms with Crippen LogP contribution in [0.1, 0.15) is 62.4 Å². The van der Waals surface area contributed by atoms with E-state index in [1.54, 1.807) is 15.6 Å². The van der Waals surface area contributed by atoms with Crippen LogP contribution in [0.25, 0.3) is 21.8 Å². The second-order valence-corrected chi connectivity index (χ2v) is 12.0. The highest BCUT2D eigenvalue weighted by Gasteiger charge is 2.28. The normalized spacial score (nSPS) is 17.4. The third kappa shape index (κ3) is 5.35. The van der Waals surface area contributed by atoms with Gasteiger partial charge in [0.2, 0.25) is 0 Å². The summed E-state index contributed by atoms with van der Waals surface area (Å²) in [5, 5.41) is 8.08. The first kappa shape index (κ1) is 27.9. The Morgan fingerprint density at radius 2 is 1.88 bits per heavy atom. The lowest BCUT2D eigenvalue weighted by Gasteiger charge is -2.32. The van der Waals surface area contributed by atoms with Gasteiger partial charge in [-0.05, 0) is 75.6 Å². The topological polar surface area (TPSA) is 111 Å². The van der Waals surface area contributed by atoms with E-state index in [-0.39, 0.29) is 34.3 Å². The molecule has 4 aromatic rings. The number of fused-ring (bicyclic) bond motifs is 2. The summed E-state index contributed by atoms with van der Waals surface area (Å²) < 4.78 is 19.7. The molecule has 42 heavy (non-hydrogen) atoms. The van der Waals surface area contributed by atoms with Crippen molar-refractivity contribution in [3.05, 3.63) is 68.7 Å². The number of nitrogens with one attached hydrogen (secondary N) is 1. The van der Waals surface area contributed by atoms with E-state index < -0.39 is 23.1 Å². The first-order valence-corrected chi connectivity index (χ1v) is 14.6. The zero-order valence-corrected chi connectivity index (χ0v) is 24.1. The Hall–Kier alpha value is -4.28. The molecule has 2 aromatic heterocycles. The van der Waals surface area contributed by atoms with Crippen molar-refractivity contribution in [2.24, 2.45) is 18.9 Å². The van der Waals surface area contributed by atoms with E-state index in [2.05, 4.69) is 10.4 Å². The highest BCUT2D eigenvalue weighted by molar-refractivity contribution is 5.99. The van der Waals surface area contributed by atoms with Gasteiger partial charge in [0.05, 0.1) is 22.1 Å². The Balaban J connectivity index is 1.20. The predicted octanol–water partition coefficient (Wildman–Crippen LogP) is 4.70. The van der Waals surface area contributed by atoms with Crippen molar-refractivity contribution in [3.8, 4) is 0 Å². The van der Waals surface area contributed by atoms with Crippen molar-refractivity contribution in [3.63, 3.8) is 0 Å². The molecule has 1 atom stereocenters. The summed E-state index contributed by atoms with van der Waals surface area (Å²) in [5.41, 5.74) is 0.616. The van der Waals surface area contributed by atoms with Crippen molar-refractivity contribution in [1.82, 2.24) is 23.8 Å². The number of aromatic nitrogens is 4. The Kier molecular flexibility index (Phi) is 7.20. The van der Waals surface area contributed by atoms with Gasteiger partial charge in [0.25, 0.3) is 5.56 Å². The number of halogens is 1. The average molecular weight is 575 g/mol. The van der Waals surface area contributed by atoms with Gasteiger partial charge in [0, 0.05) is 62.4 Å². The first-order chi connectivity index (χ1) is 20.1. The van der Waals surface area contributed by atoms with Crippen LogP contribution < -0.4 is 16.6 Å². The van der Waals surface area contributed by atoms with Crippen molar-refractivity contribution >= 4 is 39.3 Å². The maximum Gasteiger partial charge on any atom is 0.331 e. The van der Waals surface area contributed by atoms with Crippen LogP contribution in [-0.4, -0.2) is 48.7 Å². The number of hydrogen-bond acceptors (Lipinski definition) is 5. The highest BCUT2D eigenvalue weighted by atomic mass is 19.1. The van der Waals surface area contributed by atoms with Crippen LogP contribution in [-0.2, 0) is 13.6 Å². The minimum absolute atomic E-state index is 0.00672. The molecule has 1 saturated carbocycles. The summed E-state index contributed by atoms with van der Waals surface area (Å²) in [7, 11) is 1.84. The number of carbonyl (C=O) groups excluding carboxylic acids is 2. The number of benzene rings is 2. The standard InChI is InChI=1S/C31H35FN6O4/c1-18(2)38-27-14-24(32)26(13-23(27)29(40)37(31(38)42)16-19-6-7-19)33-30(41)36-10-4-5-20(15-36)11-28(39)21-8-9-25-22(12-21)17-35(3)34-25/h8-9,12-14,17-20H,4-7,10-11,15-16H2,1-3H3,(H,33,41). The number of Topliss-reactive ketones (excluding diaryl/α,β-unsaturated/α-hetero) is 1. The first-order valence-electron chi connectivity index (χ1n) is 14.6. The van der Waals surface area contributed by atoms with Crippen LogP contribution in [0.4, 0.5) is 14.9 Å². The molecule has 11 heteroatoms. The number of anilines is 1. The van der Waals surface area contributed by atoms with Crippen LogP contribution >= 0.6 is 0 Å². The Morgan fingerprint density at radius 3 is 2.62 bits per heavy atom. The van der Waals surface area contributed by atoms with Gasteiger partial charge in [-0.25, -0.2) is 14.0 Å². The third-order valence-corrected chi connectivity index (χ3v) is 8.37. The summed E-state index contributed by atoms with van der Waals surface area (Å²) in [5.74, 6) is -0.450.